The molecule has 1 rings (SSSR count). The van der Waals surface area contributed by atoms with E-state index in [0.717, 1.165) is 25.7 Å². The molecule has 0 aliphatic rings. The van der Waals surface area contributed by atoms with E-state index in [1.807, 2.05) is 25.1 Å². The molecule has 3 heteroatoms. The second-order valence-corrected chi connectivity index (χ2v) is 4.64. The molecule has 1 N–H and O–H groups in total. The number of esters is 1. The lowest BCUT2D eigenvalue weighted by atomic mass is 10.0. The monoisotopic (exact) mass is 250 g/mol. The van der Waals surface area contributed by atoms with Crippen LogP contribution < -0.4 is 0 Å². The molecule has 0 aliphatic carbocycles. The molecule has 1 unspecified atom stereocenters. The first-order valence-corrected chi connectivity index (χ1v) is 6.57. The molecular weight excluding hydrogens is 228 g/mol. The number of benzene rings is 1. The SMILES string of the molecule is CC(CO)CCCCCOC(=O)c1ccccc1. The van der Waals surface area contributed by atoms with E-state index in [9.17, 15) is 4.79 Å². The van der Waals surface area contributed by atoms with Crippen molar-refractivity contribution in [1.82, 2.24) is 0 Å². The molecule has 0 saturated heterocycles. The normalized spacial score (nSPS) is 12.1. The molecule has 0 radical (unpaired) electrons. The number of carbonyl (C=O) groups excluding carboxylic acids is 1. The molecule has 1 aromatic rings. The Balaban J connectivity index is 2.06. The quantitative estimate of drug-likeness (QED) is 0.570. The Morgan fingerprint density at radius 1 is 1.22 bits per heavy atom. The Kier molecular flexibility index (Phi) is 7.11. The predicted octanol–water partition coefficient (Wildman–Crippen LogP) is 3.03. The van der Waals surface area contributed by atoms with E-state index >= 15 is 0 Å². The number of rotatable bonds is 8. The van der Waals surface area contributed by atoms with E-state index in [0.29, 0.717) is 18.1 Å². The van der Waals surface area contributed by atoms with Crippen LogP contribution in [0.1, 0.15) is 43.0 Å². The Morgan fingerprint density at radius 2 is 1.94 bits per heavy atom. The number of hydrogen-bond donors (Lipinski definition) is 1. The number of carbonyl (C=O) groups is 1. The Morgan fingerprint density at radius 3 is 2.61 bits per heavy atom. The van der Waals surface area contributed by atoms with Crippen molar-refractivity contribution in [2.24, 2.45) is 5.92 Å². The number of unbranched alkanes of at least 4 members (excludes halogenated alkanes) is 2. The van der Waals surface area contributed by atoms with Gasteiger partial charge in [0, 0.05) is 6.61 Å². The van der Waals surface area contributed by atoms with Crippen LogP contribution in [0.4, 0.5) is 0 Å². The van der Waals surface area contributed by atoms with Crippen LogP contribution in [-0.2, 0) is 4.74 Å². The van der Waals surface area contributed by atoms with Gasteiger partial charge < -0.3 is 9.84 Å². The first-order valence-electron chi connectivity index (χ1n) is 6.57. The standard InChI is InChI=1S/C15H22O3/c1-13(12-16)8-4-3-7-11-18-15(17)14-9-5-2-6-10-14/h2,5-6,9-10,13,16H,3-4,7-8,11-12H2,1H3. The minimum absolute atomic E-state index is 0.251. The maximum Gasteiger partial charge on any atom is 0.338 e. The molecule has 100 valence electrons. The van der Waals surface area contributed by atoms with Crippen LogP contribution in [0.25, 0.3) is 0 Å². The smallest absolute Gasteiger partial charge is 0.338 e. The minimum atomic E-state index is -0.251. The molecule has 0 amide bonds. The summed E-state index contributed by atoms with van der Waals surface area (Å²) in [6, 6.07) is 9.04. The molecule has 0 saturated carbocycles. The van der Waals surface area contributed by atoms with Gasteiger partial charge in [0.1, 0.15) is 0 Å². The third-order valence-electron chi connectivity index (χ3n) is 2.90. The van der Waals surface area contributed by atoms with Gasteiger partial charge in [-0.3, -0.25) is 0 Å². The summed E-state index contributed by atoms with van der Waals surface area (Å²) in [7, 11) is 0. The first kappa shape index (κ1) is 14.7. The third-order valence-corrected chi connectivity index (χ3v) is 2.90. The number of aliphatic hydroxyl groups is 1. The van der Waals surface area contributed by atoms with Crippen molar-refractivity contribution in [2.75, 3.05) is 13.2 Å². The summed E-state index contributed by atoms with van der Waals surface area (Å²) >= 11 is 0. The fourth-order valence-electron chi connectivity index (χ4n) is 1.69. The van der Waals surface area contributed by atoms with Gasteiger partial charge in [-0.1, -0.05) is 38.0 Å². The molecule has 0 aliphatic heterocycles. The zero-order valence-electron chi connectivity index (χ0n) is 11.0. The van der Waals surface area contributed by atoms with Crippen LogP contribution in [0.15, 0.2) is 30.3 Å². The fourth-order valence-corrected chi connectivity index (χ4v) is 1.69. The Labute approximate surface area is 109 Å². The van der Waals surface area contributed by atoms with E-state index in [1.54, 1.807) is 12.1 Å². The highest BCUT2D eigenvalue weighted by molar-refractivity contribution is 5.89. The summed E-state index contributed by atoms with van der Waals surface area (Å²) in [6.45, 7) is 2.76. The molecule has 1 aromatic carbocycles. The Hall–Kier alpha value is -1.35. The summed E-state index contributed by atoms with van der Waals surface area (Å²) in [4.78, 5) is 11.6. The van der Waals surface area contributed by atoms with Gasteiger partial charge in [-0.15, -0.1) is 0 Å². The van der Waals surface area contributed by atoms with Gasteiger partial charge in [0.25, 0.3) is 0 Å². The minimum Gasteiger partial charge on any atom is -0.462 e. The summed E-state index contributed by atoms with van der Waals surface area (Å²) in [5, 5.41) is 8.87. The summed E-state index contributed by atoms with van der Waals surface area (Å²) < 4.78 is 5.17. The van der Waals surface area contributed by atoms with Gasteiger partial charge in [0.15, 0.2) is 0 Å². The van der Waals surface area contributed by atoms with Crippen LogP contribution in [0.2, 0.25) is 0 Å². The average molecular weight is 250 g/mol. The maximum atomic E-state index is 11.6. The van der Waals surface area contributed by atoms with Crippen LogP contribution in [0, 0.1) is 5.92 Å². The van der Waals surface area contributed by atoms with E-state index in [4.69, 9.17) is 9.84 Å². The predicted molar refractivity (Wildman–Crippen MR) is 71.4 cm³/mol. The molecule has 0 heterocycles. The van der Waals surface area contributed by atoms with Gasteiger partial charge in [0.05, 0.1) is 12.2 Å². The molecule has 0 spiro atoms. The van der Waals surface area contributed by atoms with Crippen LogP contribution in [0.5, 0.6) is 0 Å². The van der Waals surface area contributed by atoms with Crippen LogP contribution >= 0.6 is 0 Å². The zero-order valence-corrected chi connectivity index (χ0v) is 11.0. The molecule has 3 nitrogen and oxygen atoms in total. The maximum absolute atomic E-state index is 11.6. The molecular formula is C15H22O3. The van der Waals surface area contributed by atoms with Crippen LogP contribution in [-0.4, -0.2) is 24.3 Å². The number of hydrogen-bond acceptors (Lipinski definition) is 3. The van der Waals surface area contributed by atoms with Gasteiger partial charge in [0.2, 0.25) is 0 Å². The molecule has 0 bridgehead atoms. The van der Waals surface area contributed by atoms with Gasteiger partial charge in [-0.05, 0) is 30.9 Å². The molecule has 0 aromatic heterocycles. The molecule has 18 heavy (non-hydrogen) atoms. The highest BCUT2D eigenvalue weighted by atomic mass is 16.5. The van der Waals surface area contributed by atoms with E-state index in [1.165, 1.54) is 0 Å². The van der Waals surface area contributed by atoms with E-state index in [-0.39, 0.29) is 12.6 Å². The number of aliphatic hydroxyl groups excluding tert-OH is 1. The van der Waals surface area contributed by atoms with Crippen molar-refractivity contribution in [3.05, 3.63) is 35.9 Å². The van der Waals surface area contributed by atoms with E-state index < -0.39 is 0 Å². The lowest BCUT2D eigenvalue weighted by Gasteiger charge is -2.07. The number of ether oxygens (including phenoxy) is 1. The van der Waals surface area contributed by atoms with Crippen molar-refractivity contribution in [2.45, 2.75) is 32.6 Å². The van der Waals surface area contributed by atoms with Crippen LogP contribution in [0.3, 0.4) is 0 Å². The van der Waals surface area contributed by atoms with Crippen molar-refractivity contribution < 1.29 is 14.6 Å². The summed E-state index contributed by atoms with van der Waals surface area (Å²) in [5.41, 5.74) is 0.603. The second kappa shape index (κ2) is 8.70. The van der Waals surface area contributed by atoms with Crippen molar-refractivity contribution in [1.29, 1.82) is 0 Å². The highest BCUT2D eigenvalue weighted by Gasteiger charge is 2.05. The Bertz CT molecular complexity index is 335. The largest absolute Gasteiger partial charge is 0.462 e. The topological polar surface area (TPSA) is 46.5 Å². The van der Waals surface area contributed by atoms with Crippen molar-refractivity contribution >= 4 is 5.97 Å². The lowest BCUT2D eigenvalue weighted by molar-refractivity contribution is 0.0497. The second-order valence-electron chi connectivity index (χ2n) is 4.64. The van der Waals surface area contributed by atoms with Gasteiger partial charge in [-0.25, -0.2) is 4.79 Å². The summed E-state index contributed by atoms with van der Waals surface area (Å²) in [6.07, 6.45) is 4.02. The van der Waals surface area contributed by atoms with Crippen molar-refractivity contribution in [3.8, 4) is 0 Å². The average Bonchev–Trinajstić information content (AvgIpc) is 2.43. The first-order chi connectivity index (χ1) is 8.74. The van der Waals surface area contributed by atoms with Gasteiger partial charge >= 0.3 is 5.97 Å². The van der Waals surface area contributed by atoms with E-state index in [2.05, 4.69) is 0 Å². The highest BCUT2D eigenvalue weighted by Crippen LogP contribution is 2.09. The van der Waals surface area contributed by atoms with Crippen molar-refractivity contribution in [3.63, 3.8) is 0 Å². The van der Waals surface area contributed by atoms with Gasteiger partial charge in [-0.2, -0.15) is 0 Å². The fraction of sp³-hybridized carbons (Fsp3) is 0.533. The lowest BCUT2D eigenvalue weighted by Crippen LogP contribution is -2.06. The molecule has 1 atom stereocenters. The summed E-state index contributed by atoms with van der Waals surface area (Å²) in [5.74, 6) is 0.121. The molecule has 0 fully saturated rings. The third kappa shape index (κ3) is 5.82. The zero-order chi connectivity index (χ0) is 13.2.